The van der Waals surface area contributed by atoms with Crippen LogP contribution in [0.4, 0.5) is 5.69 Å². The van der Waals surface area contributed by atoms with Gasteiger partial charge in [-0.15, -0.1) is 0 Å². The molecule has 0 aromatic heterocycles. The second kappa shape index (κ2) is 7.84. The summed E-state index contributed by atoms with van der Waals surface area (Å²) in [6.45, 7) is 0. The zero-order chi connectivity index (χ0) is 18.4. The second-order valence-electron chi connectivity index (χ2n) is 4.90. The van der Waals surface area contributed by atoms with Crippen LogP contribution >= 0.6 is 0 Å². The Hall–Kier alpha value is -3.53. The third-order valence-electron chi connectivity index (χ3n) is 3.54. The van der Waals surface area contributed by atoms with Gasteiger partial charge in [-0.2, -0.15) is 5.26 Å². The Kier molecular flexibility index (Phi) is 5.58. The van der Waals surface area contributed by atoms with Gasteiger partial charge in [0.2, 0.25) is 5.75 Å². The average Bonchev–Trinajstić information content (AvgIpc) is 2.65. The first-order valence-corrected chi connectivity index (χ1v) is 7.21. The van der Waals surface area contributed by atoms with Gasteiger partial charge in [0.1, 0.15) is 0 Å². The van der Waals surface area contributed by atoms with Crippen molar-refractivity contribution in [3.63, 3.8) is 0 Å². The third kappa shape index (κ3) is 3.70. The predicted molar refractivity (Wildman–Crippen MR) is 92.7 cm³/mol. The number of allylic oxidation sites excluding steroid dienone is 1. The van der Waals surface area contributed by atoms with Crippen molar-refractivity contribution < 1.29 is 19.1 Å². The standard InChI is InChI=1S/C18H16N2O5/c1-23-16-9-6-13(17(24-2)18(16)25-3)10-14(11-19)12-4-7-15(8-5-12)20(21)22/h4-10H,1-3H3/b14-10-. The van der Waals surface area contributed by atoms with Crippen LogP contribution in [0, 0.1) is 21.4 Å². The summed E-state index contributed by atoms with van der Waals surface area (Å²) >= 11 is 0. The summed E-state index contributed by atoms with van der Waals surface area (Å²) in [7, 11) is 4.51. The van der Waals surface area contributed by atoms with Crippen molar-refractivity contribution in [2.45, 2.75) is 0 Å². The van der Waals surface area contributed by atoms with Crippen LogP contribution < -0.4 is 14.2 Å². The van der Waals surface area contributed by atoms with Gasteiger partial charge >= 0.3 is 0 Å². The molecule has 0 N–H and O–H groups in total. The lowest BCUT2D eigenvalue weighted by molar-refractivity contribution is -0.384. The number of nitro benzene ring substituents is 1. The van der Waals surface area contributed by atoms with E-state index in [4.69, 9.17) is 14.2 Å². The van der Waals surface area contributed by atoms with Gasteiger partial charge in [0.15, 0.2) is 11.5 Å². The second-order valence-corrected chi connectivity index (χ2v) is 4.90. The van der Waals surface area contributed by atoms with E-state index in [9.17, 15) is 15.4 Å². The van der Waals surface area contributed by atoms with Gasteiger partial charge in [-0.1, -0.05) is 0 Å². The van der Waals surface area contributed by atoms with Crippen LogP contribution in [0.3, 0.4) is 0 Å². The van der Waals surface area contributed by atoms with Crippen molar-refractivity contribution in [3.05, 3.63) is 57.6 Å². The van der Waals surface area contributed by atoms with Gasteiger partial charge in [0.05, 0.1) is 37.9 Å². The number of hydrogen-bond acceptors (Lipinski definition) is 6. The molecule has 0 bridgehead atoms. The number of rotatable bonds is 6. The molecule has 0 radical (unpaired) electrons. The Labute approximate surface area is 144 Å². The predicted octanol–water partition coefficient (Wildman–Crippen LogP) is 3.68. The summed E-state index contributed by atoms with van der Waals surface area (Å²) in [6.07, 6.45) is 1.63. The molecule has 0 saturated carbocycles. The van der Waals surface area contributed by atoms with Crippen molar-refractivity contribution in [3.8, 4) is 23.3 Å². The highest BCUT2D eigenvalue weighted by molar-refractivity contribution is 5.91. The molecule has 0 aliphatic heterocycles. The molecule has 0 aliphatic rings. The fourth-order valence-corrected chi connectivity index (χ4v) is 2.34. The monoisotopic (exact) mass is 340 g/mol. The molecule has 0 unspecified atom stereocenters. The molecule has 2 aromatic rings. The van der Waals surface area contributed by atoms with Crippen molar-refractivity contribution in [1.29, 1.82) is 5.26 Å². The number of benzene rings is 2. The summed E-state index contributed by atoms with van der Waals surface area (Å²) in [5.41, 5.74) is 1.48. The number of nitro groups is 1. The zero-order valence-corrected chi connectivity index (χ0v) is 14.0. The molecule has 0 saturated heterocycles. The fourth-order valence-electron chi connectivity index (χ4n) is 2.34. The minimum atomic E-state index is -0.489. The molecule has 0 atom stereocenters. The van der Waals surface area contributed by atoms with Gasteiger partial charge in [0, 0.05) is 17.7 Å². The van der Waals surface area contributed by atoms with E-state index in [1.807, 2.05) is 0 Å². The molecule has 0 amide bonds. The molecule has 128 valence electrons. The summed E-state index contributed by atoms with van der Waals surface area (Å²) in [4.78, 5) is 10.3. The minimum absolute atomic E-state index is 0.0373. The van der Waals surface area contributed by atoms with Crippen molar-refractivity contribution in [2.24, 2.45) is 0 Å². The molecule has 0 fully saturated rings. The van der Waals surface area contributed by atoms with E-state index in [2.05, 4.69) is 6.07 Å². The Morgan fingerprint density at radius 1 is 1.04 bits per heavy atom. The van der Waals surface area contributed by atoms with Crippen molar-refractivity contribution in [1.82, 2.24) is 0 Å². The topological polar surface area (TPSA) is 94.6 Å². The number of methoxy groups -OCH3 is 3. The summed E-state index contributed by atoms with van der Waals surface area (Å²) < 4.78 is 15.9. The van der Waals surface area contributed by atoms with E-state index < -0.39 is 4.92 Å². The van der Waals surface area contributed by atoms with Crippen molar-refractivity contribution in [2.75, 3.05) is 21.3 Å². The molecule has 0 aliphatic carbocycles. The van der Waals surface area contributed by atoms with Gasteiger partial charge in [-0.05, 0) is 35.9 Å². The quantitative estimate of drug-likeness (QED) is 0.344. The van der Waals surface area contributed by atoms with Crippen molar-refractivity contribution >= 4 is 17.3 Å². The minimum Gasteiger partial charge on any atom is -0.493 e. The highest BCUT2D eigenvalue weighted by Crippen LogP contribution is 2.41. The van der Waals surface area contributed by atoms with E-state index in [1.165, 1.54) is 45.6 Å². The maximum Gasteiger partial charge on any atom is 0.269 e. The number of hydrogen-bond donors (Lipinski definition) is 0. The smallest absolute Gasteiger partial charge is 0.269 e. The normalized spacial score (nSPS) is 10.7. The van der Waals surface area contributed by atoms with E-state index in [1.54, 1.807) is 18.2 Å². The lowest BCUT2D eigenvalue weighted by Crippen LogP contribution is -1.97. The third-order valence-corrected chi connectivity index (χ3v) is 3.54. The largest absolute Gasteiger partial charge is 0.493 e. The zero-order valence-electron chi connectivity index (χ0n) is 14.0. The van der Waals surface area contributed by atoms with Crippen LogP contribution in [0.15, 0.2) is 36.4 Å². The van der Waals surface area contributed by atoms with Gasteiger partial charge in [-0.25, -0.2) is 0 Å². The van der Waals surface area contributed by atoms with E-state index in [-0.39, 0.29) is 5.69 Å². The maximum atomic E-state index is 10.7. The lowest BCUT2D eigenvalue weighted by Gasteiger charge is -2.14. The van der Waals surface area contributed by atoms with Gasteiger partial charge in [-0.3, -0.25) is 10.1 Å². The molecule has 0 spiro atoms. The van der Waals surface area contributed by atoms with E-state index in [0.29, 0.717) is 33.9 Å². The molecule has 7 nitrogen and oxygen atoms in total. The first-order chi connectivity index (χ1) is 12.0. The Bertz CT molecular complexity index is 851. The fraction of sp³-hybridized carbons (Fsp3) is 0.167. The molecule has 2 aromatic carbocycles. The van der Waals surface area contributed by atoms with Crippen LogP contribution in [0.2, 0.25) is 0 Å². The first kappa shape index (κ1) is 17.8. The number of ether oxygens (including phenoxy) is 3. The summed E-state index contributed by atoms with van der Waals surface area (Å²) in [5, 5.41) is 20.2. The lowest BCUT2D eigenvalue weighted by atomic mass is 10.0. The molecule has 7 heteroatoms. The Balaban J connectivity index is 2.53. The number of nitrogens with zero attached hydrogens (tertiary/aromatic N) is 2. The highest BCUT2D eigenvalue weighted by Gasteiger charge is 2.15. The summed E-state index contributed by atoms with van der Waals surface area (Å²) in [6, 6.07) is 11.3. The maximum absolute atomic E-state index is 10.7. The van der Waals surface area contributed by atoms with Crippen LogP contribution in [0.1, 0.15) is 11.1 Å². The van der Waals surface area contributed by atoms with Crippen LogP contribution in [-0.2, 0) is 0 Å². The average molecular weight is 340 g/mol. The molecular weight excluding hydrogens is 324 g/mol. The highest BCUT2D eigenvalue weighted by atomic mass is 16.6. The van der Waals surface area contributed by atoms with Gasteiger partial charge < -0.3 is 14.2 Å². The summed E-state index contributed by atoms with van der Waals surface area (Å²) in [5.74, 6) is 1.35. The Morgan fingerprint density at radius 3 is 2.16 bits per heavy atom. The Morgan fingerprint density at radius 2 is 1.68 bits per heavy atom. The van der Waals surface area contributed by atoms with Crippen LogP contribution in [-0.4, -0.2) is 26.3 Å². The molecule has 0 heterocycles. The van der Waals surface area contributed by atoms with E-state index in [0.717, 1.165) is 0 Å². The SMILES string of the molecule is COc1ccc(/C=C(/C#N)c2ccc([N+](=O)[O-])cc2)c(OC)c1OC. The van der Waals surface area contributed by atoms with Crippen LogP contribution in [0.25, 0.3) is 11.6 Å². The van der Waals surface area contributed by atoms with Gasteiger partial charge in [0.25, 0.3) is 5.69 Å². The molecular formula is C18H16N2O5. The van der Waals surface area contributed by atoms with Crippen LogP contribution in [0.5, 0.6) is 17.2 Å². The molecule has 25 heavy (non-hydrogen) atoms. The van der Waals surface area contributed by atoms with E-state index >= 15 is 0 Å². The first-order valence-electron chi connectivity index (χ1n) is 7.21. The number of non-ortho nitro benzene ring substituents is 1. The molecule has 2 rings (SSSR count). The number of nitriles is 1.